The zero-order valence-corrected chi connectivity index (χ0v) is 16.1. The lowest BCUT2D eigenvalue weighted by molar-refractivity contribution is -0.108. The number of carbonyl (C=O) groups excluding carboxylic acids is 1. The van der Waals surface area contributed by atoms with Crippen molar-refractivity contribution in [2.24, 2.45) is 11.6 Å². The predicted molar refractivity (Wildman–Crippen MR) is 114 cm³/mol. The van der Waals surface area contributed by atoms with Gasteiger partial charge >= 0.3 is 0 Å². The topological polar surface area (TPSA) is 117 Å². The Hall–Kier alpha value is -2.77. The molecular formula is C20H32N6O. The van der Waals surface area contributed by atoms with Gasteiger partial charge in [-0.2, -0.15) is 0 Å². The van der Waals surface area contributed by atoms with E-state index >= 15 is 0 Å². The quantitative estimate of drug-likeness (QED) is 0.127. The maximum Gasteiger partial charge on any atom is 0.120 e. The average Bonchev–Trinajstić information content (AvgIpc) is 2.68. The molecule has 0 aliphatic heterocycles. The van der Waals surface area contributed by atoms with Crippen LogP contribution in [0.2, 0.25) is 0 Å². The van der Waals surface area contributed by atoms with Crippen LogP contribution in [-0.2, 0) is 4.79 Å². The molecule has 0 saturated heterocycles. The van der Waals surface area contributed by atoms with E-state index in [0.717, 1.165) is 40.9 Å². The molecule has 0 amide bonds. The number of rotatable bonds is 14. The maximum atomic E-state index is 10.5. The molecule has 0 heterocycles. The molecule has 8 N–H and O–H groups in total. The van der Waals surface area contributed by atoms with Crippen LogP contribution in [0, 0.1) is 0 Å². The van der Waals surface area contributed by atoms with E-state index in [1.807, 2.05) is 25.1 Å². The van der Waals surface area contributed by atoms with E-state index in [1.165, 1.54) is 0 Å². The Morgan fingerprint density at radius 3 is 2.78 bits per heavy atom. The second-order valence-electron chi connectivity index (χ2n) is 6.15. The lowest BCUT2D eigenvalue weighted by atomic mass is 10.0. The Morgan fingerprint density at radius 2 is 2.15 bits per heavy atom. The highest BCUT2D eigenvalue weighted by atomic mass is 16.1. The first-order chi connectivity index (χ1) is 13.1. The van der Waals surface area contributed by atoms with Gasteiger partial charge < -0.3 is 31.9 Å². The summed E-state index contributed by atoms with van der Waals surface area (Å²) in [5.74, 6) is 5.56. The zero-order valence-electron chi connectivity index (χ0n) is 16.1. The minimum absolute atomic E-state index is 0.154. The monoisotopic (exact) mass is 372 g/mol. The lowest BCUT2D eigenvalue weighted by Gasteiger charge is -2.20. The van der Waals surface area contributed by atoms with E-state index in [4.69, 9.17) is 11.6 Å². The first kappa shape index (κ1) is 22.3. The molecule has 7 nitrogen and oxygen atoms in total. The summed E-state index contributed by atoms with van der Waals surface area (Å²) in [6.45, 7) is 11.8. The van der Waals surface area contributed by atoms with Crippen molar-refractivity contribution in [2.45, 2.75) is 25.8 Å². The van der Waals surface area contributed by atoms with Gasteiger partial charge in [-0.25, -0.2) is 0 Å². The molecule has 1 aromatic carbocycles. The third-order valence-corrected chi connectivity index (χ3v) is 3.99. The van der Waals surface area contributed by atoms with Crippen LogP contribution >= 0.6 is 0 Å². The van der Waals surface area contributed by atoms with Gasteiger partial charge in [-0.15, -0.1) is 0 Å². The van der Waals surface area contributed by atoms with Gasteiger partial charge in [0.05, 0.1) is 12.2 Å². The maximum absolute atomic E-state index is 10.5. The summed E-state index contributed by atoms with van der Waals surface area (Å²) in [7, 11) is 0. The molecule has 0 bridgehead atoms. The van der Waals surface area contributed by atoms with Crippen molar-refractivity contribution >= 4 is 23.7 Å². The first-order valence-electron chi connectivity index (χ1n) is 9.05. The summed E-state index contributed by atoms with van der Waals surface area (Å²) >= 11 is 0. The van der Waals surface area contributed by atoms with Crippen molar-refractivity contribution in [1.82, 2.24) is 16.1 Å². The van der Waals surface area contributed by atoms with E-state index in [2.05, 4.69) is 34.5 Å². The van der Waals surface area contributed by atoms with Gasteiger partial charge in [0.2, 0.25) is 0 Å². The van der Waals surface area contributed by atoms with Gasteiger partial charge in [0.15, 0.2) is 0 Å². The highest BCUT2D eigenvalue weighted by Gasteiger charge is 2.11. The van der Waals surface area contributed by atoms with E-state index < -0.39 is 0 Å². The lowest BCUT2D eigenvalue weighted by Crippen LogP contribution is -2.29. The summed E-state index contributed by atoms with van der Waals surface area (Å²) in [4.78, 5) is 10.5. The van der Waals surface area contributed by atoms with Gasteiger partial charge in [-0.05, 0) is 19.4 Å². The van der Waals surface area contributed by atoms with Crippen molar-refractivity contribution in [2.75, 3.05) is 25.0 Å². The number of anilines is 1. The van der Waals surface area contributed by atoms with Crippen LogP contribution in [0.1, 0.15) is 30.9 Å². The molecule has 0 saturated carbocycles. The van der Waals surface area contributed by atoms with Crippen LogP contribution in [0.25, 0.3) is 11.8 Å². The summed E-state index contributed by atoms with van der Waals surface area (Å²) < 4.78 is 0. The van der Waals surface area contributed by atoms with Crippen LogP contribution in [-0.4, -0.2) is 32.0 Å². The van der Waals surface area contributed by atoms with Crippen molar-refractivity contribution in [1.29, 1.82) is 0 Å². The second kappa shape index (κ2) is 12.6. The van der Waals surface area contributed by atoms with Crippen molar-refractivity contribution in [3.05, 3.63) is 54.4 Å². The molecule has 1 rings (SSSR count). The smallest absolute Gasteiger partial charge is 0.120 e. The Bertz CT molecular complexity index is 656. The molecule has 1 unspecified atom stereocenters. The fourth-order valence-electron chi connectivity index (χ4n) is 2.58. The number of nitrogens with two attached hydrogens (primary N) is 2. The van der Waals surface area contributed by atoms with Gasteiger partial charge in [0, 0.05) is 54.3 Å². The fraction of sp³-hybridized carbons (Fsp3) is 0.350. The second-order valence-corrected chi connectivity index (χ2v) is 6.15. The van der Waals surface area contributed by atoms with Crippen LogP contribution in [0.4, 0.5) is 5.69 Å². The van der Waals surface area contributed by atoms with Crippen LogP contribution in [0.15, 0.2) is 43.3 Å². The third-order valence-electron chi connectivity index (χ3n) is 3.99. The number of nitrogens with one attached hydrogen (secondary N) is 4. The SMILES string of the molecule is C=Cc1c(NC/C(=C/NCCN)NN)cccc1C(=C)NC(C)CCC=O. The molecule has 1 aromatic rings. The number of hydrogen-bond acceptors (Lipinski definition) is 7. The summed E-state index contributed by atoms with van der Waals surface area (Å²) in [5, 5.41) is 9.79. The standard InChI is InChI=1S/C20H32N6O/c1-4-18-19(16(3)25-15(2)7-6-12-27)8-5-9-20(18)24-14-17(26-22)13-23-11-10-21/h4-5,8-9,12-13,15,23-26H,1,3,6-7,10-11,14,21-22H2,2H3/b17-13-. The highest BCUT2D eigenvalue weighted by molar-refractivity contribution is 5.79. The van der Waals surface area contributed by atoms with E-state index in [-0.39, 0.29) is 6.04 Å². The number of aldehydes is 1. The van der Waals surface area contributed by atoms with Crippen LogP contribution in [0.5, 0.6) is 0 Å². The molecule has 0 aliphatic carbocycles. The largest absolute Gasteiger partial charge is 0.388 e. The Labute approximate surface area is 161 Å². The van der Waals surface area contributed by atoms with Crippen LogP contribution < -0.4 is 33.0 Å². The van der Waals surface area contributed by atoms with E-state index in [1.54, 1.807) is 12.3 Å². The number of benzene rings is 1. The van der Waals surface area contributed by atoms with Crippen LogP contribution in [0.3, 0.4) is 0 Å². The van der Waals surface area contributed by atoms with Gasteiger partial charge in [0.25, 0.3) is 0 Å². The minimum atomic E-state index is 0.154. The molecule has 0 aromatic heterocycles. The van der Waals surface area contributed by atoms with Crippen molar-refractivity contribution < 1.29 is 4.79 Å². The third kappa shape index (κ3) is 7.55. The fourth-order valence-corrected chi connectivity index (χ4v) is 2.58. The molecule has 27 heavy (non-hydrogen) atoms. The predicted octanol–water partition coefficient (Wildman–Crippen LogP) is 1.52. The number of carbonyl (C=O) groups is 1. The van der Waals surface area contributed by atoms with E-state index in [0.29, 0.717) is 26.1 Å². The molecule has 0 aliphatic rings. The molecule has 0 fully saturated rings. The van der Waals surface area contributed by atoms with Crippen molar-refractivity contribution in [3.63, 3.8) is 0 Å². The summed E-state index contributed by atoms with van der Waals surface area (Å²) in [5.41, 5.74) is 12.5. The number of hydrogen-bond donors (Lipinski definition) is 6. The molecule has 0 spiro atoms. The van der Waals surface area contributed by atoms with E-state index in [9.17, 15) is 4.79 Å². The van der Waals surface area contributed by atoms with Crippen molar-refractivity contribution in [3.8, 4) is 0 Å². The molecule has 148 valence electrons. The number of hydrazine groups is 1. The minimum Gasteiger partial charge on any atom is -0.388 e. The Balaban J connectivity index is 2.86. The molecule has 7 heteroatoms. The molecule has 0 radical (unpaired) electrons. The van der Waals surface area contributed by atoms with Gasteiger partial charge in [-0.3, -0.25) is 5.84 Å². The Kier molecular flexibility index (Phi) is 10.4. The zero-order chi connectivity index (χ0) is 20.1. The van der Waals surface area contributed by atoms with Gasteiger partial charge in [-0.1, -0.05) is 31.4 Å². The van der Waals surface area contributed by atoms with Gasteiger partial charge in [0.1, 0.15) is 6.29 Å². The molecule has 1 atom stereocenters. The Morgan fingerprint density at radius 1 is 1.37 bits per heavy atom. The molecular weight excluding hydrogens is 340 g/mol. The average molecular weight is 373 g/mol. The first-order valence-corrected chi connectivity index (χ1v) is 9.05. The summed E-state index contributed by atoms with van der Waals surface area (Å²) in [6.07, 6.45) is 5.81. The normalized spacial score (nSPS) is 12.0. The highest BCUT2D eigenvalue weighted by Crippen LogP contribution is 2.26. The summed E-state index contributed by atoms with van der Waals surface area (Å²) in [6, 6.07) is 6.08.